The van der Waals surface area contributed by atoms with Gasteiger partial charge in [0.05, 0.1) is 10.9 Å². The van der Waals surface area contributed by atoms with Gasteiger partial charge in [-0.25, -0.2) is 25.4 Å². The van der Waals surface area contributed by atoms with Crippen LogP contribution in [0.2, 0.25) is 0 Å². The van der Waals surface area contributed by atoms with Gasteiger partial charge in [0.1, 0.15) is 17.8 Å². The Balaban J connectivity index is 1.07. The lowest BCUT2D eigenvalue weighted by Gasteiger charge is -2.34. The Morgan fingerprint density at radius 1 is 0.976 bits per heavy atom. The number of carbonyl (C=O) groups is 1. The molecule has 0 saturated carbocycles. The number of nitrogens with zero attached hydrogens (tertiary/aromatic N) is 6. The van der Waals surface area contributed by atoms with Gasteiger partial charge in [-0.15, -0.1) is 0 Å². The Bertz CT molecular complexity index is 1610. The first kappa shape index (κ1) is 26.4. The van der Waals surface area contributed by atoms with Gasteiger partial charge in [0.25, 0.3) is 5.91 Å². The third-order valence-electron chi connectivity index (χ3n) is 7.41. The largest absolute Gasteiger partial charge is 0.363 e. The Labute approximate surface area is 237 Å². The van der Waals surface area contributed by atoms with Crippen LogP contribution in [-0.4, -0.2) is 67.1 Å². The summed E-state index contributed by atoms with van der Waals surface area (Å²) >= 11 is 0. The Hall–Kier alpha value is -4.87. The fourth-order valence-corrected chi connectivity index (χ4v) is 5.06. The van der Waals surface area contributed by atoms with Crippen LogP contribution in [0.1, 0.15) is 34.5 Å². The minimum Gasteiger partial charge on any atom is -0.363 e. The molecule has 1 aliphatic heterocycles. The van der Waals surface area contributed by atoms with E-state index >= 15 is 0 Å². The number of fused-ring (bicyclic) bond motifs is 1. The summed E-state index contributed by atoms with van der Waals surface area (Å²) in [5.74, 6) is 0.766. The van der Waals surface area contributed by atoms with Crippen molar-refractivity contribution in [3.8, 4) is 11.3 Å². The summed E-state index contributed by atoms with van der Waals surface area (Å²) in [6.07, 6.45) is 4.43. The molecule has 0 bridgehead atoms. The molecule has 1 fully saturated rings. The van der Waals surface area contributed by atoms with E-state index in [0.29, 0.717) is 5.95 Å². The van der Waals surface area contributed by atoms with Gasteiger partial charge in [0, 0.05) is 56.9 Å². The number of anilines is 2. The molecule has 3 aromatic heterocycles. The van der Waals surface area contributed by atoms with E-state index < -0.39 is 5.91 Å². The number of amides is 1. The molecule has 1 saturated heterocycles. The molecule has 4 heterocycles. The van der Waals surface area contributed by atoms with Crippen LogP contribution in [0.4, 0.5) is 11.8 Å². The van der Waals surface area contributed by atoms with Gasteiger partial charge >= 0.3 is 0 Å². The molecule has 0 radical (unpaired) electrons. The number of aromatic nitrogens is 5. The Morgan fingerprint density at radius 3 is 2.41 bits per heavy atom. The second-order valence-corrected chi connectivity index (χ2v) is 10.1. The van der Waals surface area contributed by atoms with E-state index in [1.165, 1.54) is 23.5 Å². The minimum absolute atomic E-state index is 0.113. The lowest BCUT2D eigenvalue weighted by atomic mass is 10.1. The molecule has 0 spiro atoms. The Morgan fingerprint density at radius 2 is 1.71 bits per heavy atom. The second-order valence-electron chi connectivity index (χ2n) is 10.1. The molecule has 0 unspecified atom stereocenters. The van der Waals surface area contributed by atoms with Crippen LogP contribution in [0.25, 0.3) is 22.3 Å². The van der Waals surface area contributed by atoms with Crippen LogP contribution in [0.3, 0.4) is 0 Å². The highest BCUT2D eigenvalue weighted by molar-refractivity contribution is 5.93. The number of hydrogen-bond donors (Lipinski definition) is 4. The average Bonchev–Trinajstić information content (AvgIpc) is 3.47. The summed E-state index contributed by atoms with van der Waals surface area (Å²) < 4.78 is 0. The molecule has 41 heavy (non-hydrogen) atoms. The highest BCUT2D eigenvalue weighted by Crippen LogP contribution is 2.29. The van der Waals surface area contributed by atoms with E-state index in [0.717, 1.165) is 60.8 Å². The fraction of sp³-hybridized carbons (Fsp3) is 0.233. The van der Waals surface area contributed by atoms with Gasteiger partial charge in [-0.2, -0.15) is 0 Å². The molecule has 2 aromatic carbocycles. The summed E-state index contributed by atoms with van der Waals surface area (Å²) in [5, 5.41) is 13.2. The number of benzene rings is 2. The normalized spacial score (nSPS) is 14.6. The van der Waals surface area contributed by atoms with Crippen molar-refractivity contribution >= 4 is 28.7 Å². The topological polar surface area (TPSA) is 135 Å². The second kappa shape index (κ2) is 11.7. The molecule has 6 rings (SSSR count). The summed E-state index contributed by atoms with van der Waals surface area (Å²) in [7, 11) is 0. The highest BCUT2D eigenvalue weighted by atomic mass is 16.5. The zero-order valence-corrected chi connectivity index (χ0v) is 22.7. The molecule has 1 amide bonds. The van der Waals surface area contributed by atoms with Gasteiger partial charge in [-0.3, -0.25) is 14.9 Å². The zero-order valence-electron chi connectivity index (χ0n) is 22.7. The molecule has 208 valence electrons. The van der Waals surface area contributed by atoms with E-state index in [4.69, 9.17) is 5.21 Å². The molecule has 0 aliphatic carbocycles. The van der Waals surface area contributed by atoms with Gasteiger partial charge in [0.2, 0.25) is 5.95 Å². The number of piperazine rings is 1. The van der Waals surface area contributed by atoms with Crippen LogP contribution in [0.5, 0.6) is 0 Å². The molecular weight excluding hydrogens is 518 g/mol. The van der Waals surface area contributed by atoms with E-state index in [1.54, 1.807) is 11.8 Å². The number of nitrogens with one attached hydrogen (secondary N) is 3. The number of H-pyrrole nitrogens is 1. The minimum atomic E-state index is -0.624. The standard InChI is InChI=1S/C30H31N9O2/c1-20(22-5-3-2-4-6-22)35-27-25-15-26(36-28(25)34-19-33-27)23-9-7-21(8-10-23)18-38-11-13-39(14-12-38)30-31-16-24(17-32-30)29(40)37-41/h2-10,15-17,19-20,41H,11-14,18H2,1H3,(H,37,40)(H2,33,34,35,36)/t20-/m1/s1. The number of hydroxylamine groups is 1. The quantitative estimate of drug-likeness (QED) is 0.167. The maximum Gasteiger partial charge on any atom is 0.277 e. The van der Waals surface area contributed by atoms with E-state index in [1.807, 2.05) is 18.2 Å². The van der Waals surface area contributed by atoms with Gasteiger partial charge in [-0.1, -0.05) is 54.6 Å². The predicted octanol–water partition coefficient (Wildman–Crippen LogP) is 4.03. The number of rotatable bonds is 8. The molecule has 4 N–H and O–H groups in total. The van der Waals surface area contributed by atoms with Crippen LogP contribution >= 0.6 is 0 Å². The summed E-state index contributed by atoms with van der Waals surface area (Å²) in [6, 6.07) is 21.2. The molecular formula is C30H31N9O2. The molecule has 11 heteroatoms. The van der Waals surface area contributed by atoms with Gasteiger partial charge in [0.15, 0.2) is 0 Å². The number of aromatic amines is 1. The summed E-state index contributed by atoms with van der Waals surface area (Å²) in [6.45, 7) is 6.32. The fourth-order valence-electron chi connectivity index (χ4n) is 5.06. The first-order valence-electron chi connectivity index (χ1n) is 13.6. The van der Waals surface area contributed by atoms with Crippen molar-refractivity contribution in [2.75, 3.05) is 36.4 Å². The number of carbonyl (C=O) groups excluding carboxylic acids is 1. The van der Waals surface area contributed by atoms with E-state index in [2.05, 4.69) is 89.4 Å². The van der Waals surface area contributed by atoms with Crippen molar-refractivity contribution in [1.82, 2.24) is 35.3 Å². The van der Waals surface area contributed by atoms with Crippen molar-refractivity contribution in [1.29, 1.82) is 0 Å². The van der Waals surface area contributed by atoms with Gasteiger partial charge in [-0.05, 0) is 29.7 Å². The highest BCUT2D eigenvalue weighted by Gasteiger charge is 2.20. The average molecular weight is 550 g/mol. The maximum absolute atomic E-state index is 11.5. The lowest BCUT2D eigenvalue weighted by molar-refractivity contribution is 0.0705. The third kappa shape index (κ3) is 5.86. The summed E-state index contributed by atoms with van der Waals surface area (Å²) in [4.78, 5) is 37.0. The molecule has 1 aliphatic rings. The predicted molar refractivity (Wildman–Crippen MR) is 157 cm³/mol. The SMILES string of the molecule is C[C@@H](Nc1ncnc2[nH]c(-c3ccc(CN4CCN(c5ncc(C(=O)NO)cn5)CC4)cc3)cc12)c1ccccc1. The van der Waals surface area contributed by atoms with E-state index in [9.17, 15) is 4.79 Å². The van der Waals surface area contributed by atoms with Crippen molar-refractivity contribution in [3.05, 3.63) is 96.1 Å². The van der Waals surface area contributed by atoms with Crippen LogP contribution in [0, 0.1) is 0 Å². The molecule has 5 aromatic rings. The van der Waals surface area contributed by atoms with Crippen molar-refractivity contribution in [3.63, 3.8) is 0 Å². The van der Waals surface area contributed by atoms with Gasteiger partial charge < -0.3 is 15.2 Å². The number of hydrogen-bond acceptors (Lipinski definition) is 9. The zero-order chi connectivity index (χ0) is 28.2. The van der Waals surface area contributed by atoms with Crippen molar-refractivity contribution in [2.24, 2.45) is 0 Å². The van der Waals surface area contributed by atoms with E-state index in [-0.39, 0.29) is 11.6 Å². The summed E-state index contributed by atoms with van der Waals surface area (Å²) in [5.41, 5.74) is 7.14. The van der Waals surface area contributed by atoms with Crippen molar-refractivity contribution < 1.29 is 10.0 Å². The van der Waals surface area contributed by atoms with Crippen LogP contribution in [0.15, 0.2) is 79.4 Å². The molecule has 11 nitrogen and oxygen atoms in total. The smallest absolute Gasteiger partial charge is 0.277 e. The van der Waals surface area contributed by atoms with Crippen molar-refractivity contribution in [2.45, 2.75) is 19.5 Å². The first-order valence-corrected chi connectivity index (χ1v) is 13.6. The van der Waals surface area contributed by atoms with Crippen LogP contribution < -0.4 is 15.7 Å². The monoisotopic (exact) mass is 549 g/mol. The Kier molecular flexibility index (Phi) is 7.52. The lowest BCUT2D eigenvalue weighted by Crippen LogP contribution is -2.46. The maximum atomic E-state index is 11.5. The molecule has 1 atom stereocenters. The van der Waals surface area contributed by atoms with Crippen LogP contribution in [-0.2, 0) is 6.54 Å². The first-order chi connectivity index (χ1) is 20.1. The third-order valence-corrected chi connectivity index (χ3v) is 7.41.